The van der Waals surface area contributed by atoms with Crippen molar-refractivity contribution in [3.63, 3.8) is 0 Å². The zero-order valence-electron chi connectivity index (χ0n) is 10.2. The van der Waals surface area contributed by atoms with E-state index in [4.69, 9.17) is 4.74 Å². The van der Waals surface area contributed by atoms with E-state index in [-0.39, 0.29) is 0 Å². The van der Waals surface area contributed by atoms with E-state index in [2.05, 4.69) is 31.8 Å². The van der Waals surface area contributed by atoms with E-state index in [1.165, 1.54) is 5.56 Å². The van der Waals surface area contributed by atoms with Gasteiger partial charge in [-0.05, 0) is 19.4 Å². The van der Waals surface area contributed by atoms with Gasteiger partial charge in [0.05, 0.1) is 0 Å². The molecule has 1 atom stereocenters. The van der Waals surface area contributed by atoms with Crippen molar-refractivity contribution in [1.29, 1.82) is 0 Å². The molecule has 1 rings (SSSR count). The molecule has 2 heteroatoms. The van der Waals surface area contributed by atoms with Crippen molar-refractivity contribution in [2.75, 3.05) is 6.61 Å². The molecule has 88 valence electrons. The van der Waals surface area contributed by atoms with Gasteiger partial charge in [-0.15, -0.1) is 0 Å². The molecule has 0 aliphatic rings. The summed E-state index contributed by atoms with van der Waals surface area (Å²) in [5.74, 6) is 0.943. The Morgan fingerprint density at radius 3 is 2.88 bits per heavy atom. The zero-order valence-corrected chi connectivity index (χ0v) is 10.2. The van der Waals surface area contributed by atoms with Gasteiger partial charge in [0, 0.05) is 18.2 Å². The van der Waals surface area contributed by atoms with Crippen LogP contribution in [0.2, 0.25) is 0 Å². The minimum absolute atomic E-state index is 0.535. The Labute approximate surface area is 98.3 Å². The Hall–Kier alpha value is -1.28. The predicted octanol–water partition coefficient (Wildman–Crippen LogP) is 3.14. The van der Waals surface area contributed by atoms with Gasteiger partial charge in [-0.25, -0.2) is 0 Å². The highest BCUT2D eigenvalue weighted by molar-refractivity contribution is 5.33. The Kier molecular flexibility index (Phi) is 5.65. The van der Waals surface area contributed by atoms with Crippen molar-refractivity contribution >= 4 is 0 Å². The minimum atomic E-state index is 0.535. The van der Waals surface area contributed by atoms with Crippen molar-refractivity contribution in [1.82, 2.24) is 5.32 Å². The first kappa shape index (κ1) is 12.8. The summed E-state index contributed by atoms with van der Waals surface area (Å²) in [4.78, 5) is 0. The van der Waals surface area contributed by atoms with Gasteiger partial charge < -0.3 is 10.1 Å². The summed E-state index contributed by atoms with van der Waals surface area (Å²) in [6, 6.07) is 8.65. The van der Waals surface area contributed by atoms with Crippen molar-refractivity contribution in [3.8, 4) is 5.75 Å². The fourth-order valence-corrected chi connectivity index (χ4v) is 1.37. The van der Waals surface area contributed by atoms with Crippen LogP contribution >= 0.6 is 0 Å². The van der Waals surface area contributed by atoms with Crippen LogP contribution in [0.1, 0.15) is 25.8 Å². The van der Waals surface area contributed by atoms with Gasteiger partial charge in [-0.3, -0.25) is 0 Å². The maximum absolute atomic E-state index is 5.59. The number of hydrogen-bond donors (Lipinski definition) is 1. The van der Waals surface area contributed by atoms with Crippen LogP contribution in [0.25, 0.3) is 0 Å². The summed E-state index contributed by atoms with van der Waals surface area (Å²) < 4.78 is 5.59. The zero-order chi connectivity index (χ0) is 11.8. The average Bonchev–Trinajstić information content (AvgIpc) is 2.34. The summed E-state index contributed by atoms with van der Waals surface area (Å²) in [5, 5.41) is 3.46. The highest BCUT2D eigenvalue weighted by Crippen LogP contribution is 2.17. The number of para-hydroxylation sites is 1. The molecule has 1 unspecified atom stereocenters. The van der Waals surface area contributed by atoms with Gasteiger partial charge in [0.15, 0.2) is 0 Å². The van der Waals surface area contributed by atoms with E-state index in [1.807, 2.05) is 18.2 Å². The SMILES string of the molecule is C=CCOc1ccccc1CNC(C)CC. The number of ether oxygens (including phenoxy) is 1. The summed E-state index contributed by atoms with van der Waals surface area (Å²) in [6.45, 7) is 9.42. The lowest BCUT2D eigenvalue weighted by Crippen LogP contribution is -2.24. The molecule has 16 heavy (non-hydrogen) atoms. The molecular weight excluding hydrogens is 198 g/mol. The second-order valence-electron chi connectivity index (χ2n) is 3.90. The first-order valence-corrected chi connectivity index (χ1v) is 5.83. The molecule has 1 aromatic rings. The second-order valence-corrected chi connectivity index (χ2v) is 3.90. The van der Waals surface area contributed by atoms with E-state index in [0.717, 1.165) is 18.7 Å². The molecule has 0 spiro atoms. The van der Waals surface area contributed by atoms with Crippen molar-refractivity contribution in [2.24, 2.45) is 0 Å². The Morgan fingerprint density at radius 1 is 1.44 bits per heavy atom. The van der Waals surface area contributed by atoms with Crippen molar-refractivity contribution < 1.29 is 4.74 Å². The molecular formula is C14H21NO. The fraction of sp³-hybridized carbons (Fsp3) is 0.429. The van der Waals surface area contributed by atoms with E-state index in [9.17, 15) is 0 Å². The van der Waals surface area contributed by atoms with E-state index < -0.39 is 0 Å². The van der Waals surface area contributed by atoms with Gasteiger partial charge >= 0.3 is 0 Å². The third-order valence-electron chi connectivity index (χ3n) is 2.58. The lowest BCUT2D eigenvalue weighted by molar-refractivity contribution is 0.356. The number of rotatable bonds is 7. The molecule has 0 radical (unpaired) electrons. The molecule has 0 saturated carbocycles. The number of benzene rings is 1. The smallest absolute Gasteiger partial charge is 0.124 e. The van der Waals surface area contributed by atoms with Gasteiger partial charge in [0.25, 0.3) is 0 Å². The van der Waals surface area contributed by atoms with E-state index in [1.54, 1.807) is 6.08 Å². The van der Waals surface area contributed by atoms with Gasteiger partial charge in [0.2, 0.25) is 0 Å². The fourth-order valence-electron chi connectivity index (χ4n) is 1.37. The standard InChI is InChI=1S/C14H21NO/c1-4-10-16-14-9-7-6-8-13(14)11-15-12(3)5-2/h4,6-9,12,15H,1,5,10-11H2,2-3H3. The monoisotopic (exact) mass is 219 g/mol. The molecule has 0 saturated heterocycles. The third kappa shape index (κ3) is 4.07. The largest absolute Gasteiger partial charge is 0.489 e. The summed E-state index contributed by atoms with van der Waals surface area (Å²) in [7, 11) is 0. The lowest BCUT2D eigenvalue weighted by Gasteiger charge is -2.14. The van der Waals surface area contributed by atoms with Crippen LogP contribution in [0.3, 0.4) is 0 Å². The molecule has 0 fully saturated rings. The highest BCUT2D eigenvalue weighted by atomic mass is 16.5. The number of nitrogens with one attached hydrogen (secondary N) is 1. The summed E-state index contributed by atoms with van der Waals surface area (Å²) in [6.07, 6.45) is 2.90. The number of hydrogen-bond acceptors (Lipinski definition) is 2. The van der Waals surface area contributed by atoms with Crippen molar-refractivity contribution in [3.05, 3.63) is 42.5 Å². The third-order valence-corrected chi connectivity index (χ3v) is 2.58. The normalized spacial score (nSPS) is 12.1. The Bertz CT molecular complexity index is 322. The van der Waals surface area contributed by atoms with E-state index in [0.29, 0.717) is 12.6 Å². The van der Waals surface area contributed by atoms with Crippen LogP contribution in [-0.2, 0) is 6.54 Å². The molecule has 0 bridgehead atoms. The predicted molar refractivity (Wildman–Crippen MR) is 68.7 cm³/mol. The quantitative estimate of drug-likeness (QED) is 0.711. The van der Waals surface area contributed by atoms with Crippen LogP contribution in [0, 0.1) is 0 Å². The first-order valence-electron chi connectivity index (χ1n) is 5.83. The average molecular weight is 219 g/mol. The molecule has 0 aromatic heterocycles. The van der Waals surface area contributed by atoms with Crippen LogP contribution < -0.4 is 10.1 Å². The highest BCUT2D eigenvalue weighted by Gasteiger charge is 2.03. The first-order chi connectivity index (χ1) is 7.77. The van der Waals surface area contributed by atoms with Crippen LogP contribution in [0.5, 0.6) is 5.75 Å². The molecule has 1 aromatic carbocycles. The lowest BCUT2D eigenvalue weighted by atomic mass is 10.2. The van der Waals surface area contributed by atoms with Crippen molar-refractivity contribution in [2.45, 2.75) is 32.9 Å². The molecule has 0 heterocycles. The molecule has 1 N–H and O–H groups in total. The van der Waals surface area contributed by atoms with Crippen LogP contribution in [0.4, 0.5) is 0 Å². The minimum Gasteiger partial charge on any atom is -0.489 e. The van der Waals surface area contributed by atoms with Crippen LogP contribution in [-0.4, -0.2) is 12.6 Å². The summed E-state index contributed by atoms with van der Waals surface area (Å²) in [5.41, 5.74) is 1.20. The summed E-state index contributed by atoms with van der Waals surface area (Å²) >= 11 is 0. The maximum Gasteiger partial charge on any atom is 0.124 e. The Morgan fingerprint density at radius 2 is 2.19 bits per heavy atom. The Balaban J connectivity index is 2.59. The molecule has 2 nitrogen and oxygen atoms in total. The molecule has 0 aliphatic carbocycles. The molecule has 0 amide bonds. The van der Waals surface area contributed by atoms with Gasteiger partial charge in [-0.2, -0.15) is 0 Å². The van der Waals surface area contributed by atoms with Crippen LogP contribution in [0.15, 0.2) is 36.9 Å². The second kappa shape index (κ2) is 7.07. The molecule has 0 aliphatic heterocycles. The maximum atomic E-state index is 5.59. The topological polar surface area (TPSA) is 21.3 Å². The van der Waals surface area contributed by atoms with Gasteiger partial charge in [0.1, 0.15) is 12.4 Å². The van der Waals surface area contributed by atoms with E-state index >= 15 is 0 Å². The van der Waals surface area contributed by atoms with Gasteiger partial charge in [-0.1, -0.05) is 37.8 Å².